The highest BCUT2D eigenvalue weighted by molar-refractivity contribution is 6.31. The van der Waals surface area contributed by atoms with Crippen molar-refractivity contribution < 1.29 is 14.6 Å². The smallest absolute Gasteiger partial charge is 0.167 e. The average Bonchev–Trinajstić information content (AvgIpc) is 2.23. The number of aliphatic hydroxyl groups excluding tert-OH is 1. The first-order valence-corrected chi connectivity index (χ1v) is 8.98. The van der Waals surface area contributed by atoms with Crippen LogP contribution in [0.4, 0.5) is 0 Å². The van der Waals surface area contributed by atoms with E-state index in [1.807, 2.05) is 13.8 Å². The maximum atomic E-state index is 10.8. The summed E-state index contributed by atoms with van der Waals surface area (Å²) in [4.78, 5) is 0. The summed E-state index contributed by atoms with van der Waals surface area (Å²) < 4.78 is 6.41. The van der Waals surface area contributed by atoms with Crippen LogP contribution >= 0.6 is 0 Å². The second-order valence-electron chi connectivity index (χ2n) is 8.98. The molecule has 1 aliphatic carbocycles. The molecule has 2 N–H and O–H groups in total. The van der Waals surface area contributed by atoms with Crippen LogP contribution in [0, 0.1) is 10.8 Å². The Labute approximate surface area is 127 Å². The van der Waals surface area contributed by atoms with Crippen LogP contribution in [-0.4, -0.2) is 37.8 Å². The van der Waals surface area contributed by atoms with Crippen molar-refractivity contribution in [3.8, 4) is 0 Å². The molecule has 0 radical (unpaired) electrons. The van der Waals surface area contributed by atoms with Crippen molar-refractivity contribution >= 4 is 9.76 Å². The van der Waals surface area contributed by atoms with Crippen molar-refractivity contribution in [3.05, 3.63) is 0 Å². The van der Waals surface area contributed by atoms with E-state index in [-0.39, 0.29) is 28.1 Å². The molecule has 1 saturated carbocycles. The van der Waals surface area contributed by atoms with Gasteiger partial charge in [0.05, 0.1) is 11.2 Å². The zero-order valence-corrected chi connectivity index (χ0v) is 16.0. The predicted octanol–water partition coefficient (Wildman–Crippen LogP) is 2.63. The van der Waals surface area contributed by atoms with Gasteiger partial charge in [-0.2, -0.15) is 0 Å². The molecule has 0 aromatic carbocycles. The highest BCUT2D eigenvalue weighted by atomic mass is 28.2. The molecule has 0 aliphatic heterocycles. The first-order valence-electron chi connectivity index (χ1n) is 7.70. The zero-order chi connectivity index (χ0) is 16.0. The molecule has 20 heavy (non-hydrogen) atoms. The minimum atomic E-state index is -0.837. The lowest BCUT2D eigenvalue weighted by Crippen LogP contribution is -2.75. The summed E-state index contributed by atoms with van der Waals surface area (Å²) in [5.74, 6) is 0. The molecule has 1 fully saturated rings. The SMILES string of the molecule is CC(C)(C)[SiH2]OC1(C)CC(C)(CCO)C1(C)C(C)(C)O. The van der Waals surface area contributed by atoms with Crippen LogP contribution in [0.1, 0.15) is 68.2 Å². The lowest BCUT2D eigenvalue weighted by molar-refractivity contribution is -0.302. The molecule has 3 atom stereocenters. The van der Waals surface area contributed by atoms with Gasteiger partial charge < -0.3 is 14.6 Å². The Bertz CT molecular complexity index is 358. The maximum Gasteiger partial charge on any atom is 0.167 e. The highest BCUT2D eigenvalue weighted by Gasteiger charge is 2.72. The lowest BCUT2D eigenvalue weighted by Gasteiger charge is -2.72. The van der Waals surface area contributed by atoms with Gasteiger partial charge in [-0.25, -0.2) is 0 Å². The molecule has 0 aromatic heterocycles. The van der Waals surface area contributed by atoms with E-state index < -0.39 is 15.4 Å². The van der Waals surface area contributed by atoms with Gasteiger partial charge in [0, 0.05) is 12.0 Å². The maximum absolute atomic E-state index is 10.8. The summed E-state index contributed by atoms with van der Waals surface area (Å²) in [6.07, 6.45) is 1.62. The van der Waals surface area contributed by atoms with Crippen molar-refractivity contribution in [1.29, 1.82) is 0 Å². The standard InChI is InChI=1S/C16H34O3Si/c1-12(2,3)20-19-15(7)11-14(6,9-10-17)16(15,8)13(4,5)18/h17-18H,9-11,20H2,1-8H3. The third-order valence-corrected chi connectivity index (χ3v) is 7.35. The van der Waals surface area contributed by atoms with Crippen LogP contribution in [0.25, 0.3) is 0 Å². The van der Waals surface area contributed by atoms with Crippen molar-refractivity contribution in [3.63, 3.8) is 0 Å². The average molecular weight is 303 g/mol. The normalized spacial score (nSPS) is 39.3. The summed E-state index contributed by atoms with van der Waals surface area (Å²) >= 11 is 0. The Balaban J connectivity index is 3.05. The summed E-state index contributed by atoms with van der Waals surface area (Å²) in [6, 6.07) is 0. The van der Waals surface area contributed by atoms with Crippen LogP contribution in [0.3, 0.4) is 0 Å². The monoisotopic (exact) mass is 302 g/mol. The fourth-order valence-corrected chi connectivity index (χ4v) is 5.31. The molecule has 1 aliphatic rings. The topological polar surface area (TPSA) is 49.7 Å². The Kier molecular flexibility index (Phi) is 4.61. The summed E-state index contributed by atoms with van der Waals surface area (Å²) in [5.41, 5.74) is -1.57. The molecule has 0 heterocycles. The molecule has 120 valence electrons. The van der Waals surface area contributed by atoms with Gasteiger partial charge in [-0.3, -0.25) is 0 Å². The number of hydrogen-bond acceptors (Lipinski definition) is 3. The molecule has 3 nitrogen and oxygen atoms in total. The lowest BCUT2D eigenvalue weighted by atomic mass is 9.37. The number of aliphatic hydroxyl groups is 2. The van der Waals surface area contributed by atoms with Crippen LogP contribution in [0.15, 0.2) is 0 Å². The fourth-order valence-electron chi connectivity index (χ4n) is 4.17. The van der Waals surface area contributed by atoms with Crippen molar-refractivity contribution in [1.82, 2.24) is 0 Å². The van der Waals surface area contributed by atoms with E-state index in [2.05, 4.69) is 41.5 Å². The van der Waals surface area contributed by atoms with Gasteiger partial charge in [0.15, 0.2) is 9.76 Å². The second-order valence-corrected chi connectivity index (χ2v) is 11.7. The summed E-state index contributed by atoms with van der Waals surface area (Å²) in [6.45, 7) is 17.0. The second kappa shape index (κ2) is 5.08. The summed E-state index contributed by atoms with van der Waals surface area (Å²) in [7, 11) is -0.677. The molecule has 0 saturated heterocycles. The molecule has 0 spiro atoms. The van der Waals surface area contributed by atoms with Crippen molar-refractivity contribution in [2.75, 3.05) is 6.61 Å². The van der Waals surface area contributed by atoms with E-state index in [9.17, 15) is 10.2 Å². The van der Waals surface area contributed by atoms with Crippen LogP contribution in [0.2, 0.25) is 5.04 Å². The Morgan fingerprint density at radius 3 is 1.95 bits per heavy atom. The largest absolute Gasteiger partial charge is 0.418 e. The van der Waals surface area contributed by atoms with Gasteiger partial charge in [0.25, 0.3) is 0 Å². The number of hydrogen-bond donors (Lipinski definition) is 2. The molecule has 3 unspecified atom stereocenters. The fraction of sp³-hybridized carbons (Fsp3) is 1.00. The molecular formula is C16H34O3Si. The molecule has 1 rings (SSSR count). The molecule has 0 bridgehead atoms. The highest BCUT2D eigenvalue weighted by Crippen LogP contribution is 2.70. The molecule has 0 aromatic rings. The Hall–Kier alpha value is 0.0969. The summed E-state index contributed by atoms with van der Waals surface area (Å²) in [5, 5.41) is 20.4. The van der Waals surface area contributed by atoms with Gasteiger partial charge in [-0.15, -0.1) is 0 Å². The van der Waals surface area contributed by atoms with Crippen molar-refractivity contribution in [2.45, 2.75) is 84.5 Å². The third kappa shape index (κ3) is 2.72. The van der Waals surface area contributed by atoms with Gasteiger partial charge >= 0.3 is 0 Å². The van der Waals surface area contributed by atoms with Crippen molar-refractivity contribution in [2.24, 2.45) is 10.8 Å². The van der Waals surface area contributed by atoms with E-state index in [1.165, 1.54) is 0 Å². The molecule has 0 amide bonds. The minimum absolute atomic E-state index is 0.0823. The van der Waals surface area contributed by atoms with E-state index in [0.29, 0.717) is 6.42 Å². The molecular weight excluding hydrogens is 268 g/mol. The quantitative estimate of drug-likeness (QED) is 0.768. The third-order valence-electron chi connectivity index (χ3n) is 5.70. The van der Waals surface area contributed by atoms with Crippen LogP contribution in [-0.2, 0) is 4.43 Å². The van der Waals surface area contributed by atoms with Gasteiger partial charge in [0.1, 0.15) is 0 Å². The van der Waals surface area contributed by atoms with E-state index in [1.54, 1.807) is 0 Å². The van der Waals surface area contributed by atoms with E-state index >= 15 is 0 Å². The van der Waals surface area contributed by atoms with Crippen LogP contribution in [0.5, 0.6) is 0 Å². The van der Waals surface area contributed by atoms with Gasteiger partial charge in [0.2, 0.25) is 0 Å². The van der Waals surface area contributed by atoms with Gasteiger partial charge in [-0.05, 0) is 44.1 Å². The predicted molar refractivity (Wildman–Crippen MR) is 86.6 cm³/mol. The van der Waals surface area contributed by atoms with E-state index in [4.69, 9.17) is 4.43 Å². The van der Waals surface area contributed by atoms with Gasteiger partial charge in [-0.1, -0.05) is 34.6 Å². The zero-order valence-electron chi connectivity index (χ0n) is 14.6. The Morgan fingerprint density at radius 2 is 1.60 bits per heavy atom. The minimum Gasteiger partial charge on any atom is -0.418 e. The van der Waals surface area contributed by atoms with E-state index in [0.717, 1.165) is 6.42 Å². The first-order chi connectivity index (χ1) is 8.72. The molecule has 4 heteroatoms. The van der Waals surface area contributed by atoms with Crippen LogP contribution < -0.4 is 0 Å². The first kappa shape index (κ1) is 18.1. The Morgan fingerprint density at radius 1 is 1.10 bits per heavy atom. The number of rotatable bonds is 5.